The predicted molar refractivity (Wildman–Crippen MR) is 122 cm³/mol. The Morgan fingerprint density at radius 1 is 1.35 bits per heavy atom. The number of halogens is 2. The molecule has 0 spiro atoms. The number of ether oxygens (including phenoxy) is 3. The molecule has 0 saturated carbocycles. The molecule has 34 heavy (non-hydrogen) atoms. The Balaban J connectivity index is 1.45. The summed E-state index contributed by atoms with van der Waals surface area (Å²) in [5.41, 5.74) is 1.11. The molecular weight excluding hydrogens is 468 g/mol. The average Bonchev–Trinajstić information content (AvgIpc) is 3.43. The molecule has 12 heteroatoms. The summed E-state index contributed by atoms with van der Waals surface area (Å²) in [4.78, 5) is 14.3. The number of amides is 1. The van der Waals surface area contributed by atoms with Gasteiger partial charge in [0, 0.05) is 30.8 Å². The van der Waals surface area contributed by atoms with Crippen LogP contribution in [0.5, 0.6) is 0 Å². The van der Waals surface area contributed by atoms with E-state index in [1.165, 1.54) is 23.9 Å². The van der Waals surface area contributed by atoms with E-state index < -0.39 is 23.5 Å². The van der Waals surface area contributed by atoms with Crippen LogP contribution in [0.4, 0.5) is 8.78 Å². The zero-order valence-corrected chi connectivity index (χ0v) is 19.8. The van der Waals surface area contributed by atoms with Crippen LogP contribution in [0.2, 0.25) is 0 Å². The van der Waals surface area contributed by atoms with Gasteiger partial charge in [0.05, 0.1) is 32.1 Å². The molecule has 2 aliphatic rings. The van der Waals surface area contributed by atoms with Gasteiger partial charge in [0.2, 0.25) is 0 Å². The largest absolute Gasteiger partial charge is 0.474 e. The first-order valence-electron chi connectivity index (χ1n) is 10.7. The van der Waals surface area contributed by atoms with Crippen molar-refractivity contribution in [2.75, 3.05) is 26.8 Å². The highest BCUT2D eigenvalue weighted by Gasteiger charge is 2.39. The Morgan fingerprint density at radius 3 is 2.68 bits per heavy atom. The van der Waals surface area contributed by atoms with Gasteiger partial charge < -0.3 is 24.4 Å². The number of nitrogens with one attached hydrogen (secondary N) is 1. The van der Waals surface area contributed by atoms with E-state index in [0.29, 0.717) is 24.2 Å². The van der Waals surface area contributed by atoms with Crippen molar-refractivity contribution in [2.24, 2.45) is 0 Å². The molecule has 4 rings (SSSR count). The van der Waals surface area contributed by atoms with Gasteiger partial charge in [-0.05, 0) is 38.1 Å². The second kappa shape index (κ2) is 9.72. The Morgan fingerprint density at radius 2 is 2.09 bits per heavy atom. The van der Waals surface area contributed by atoms with Crippen molar-refractivity contribution in [1.29, 1.82) is 0 Å². The lowest BCUT2D eigenvalue weighted by Crippen LogP contribution is -2.43. The number of nitrogens with zero attached hydrogens (tertiary/aromatic N) is 4. The molecular formula is C22H25F2N5O4S. The van der Waals surface area contributed by atoms with E-state index in [2.05, 4.69) is 15.6 Å². The van der Waals surface area contributed by atoms with E-state index in [-0.39, 0.29) is 42.0 Å². The summed E-state index contributed by atoms with van der Waals surface area (Å²) in [6, 6.07) is 2.41. The number of aromatic nitrogens is 3. The maximum Gasteiger partial charge on any atom is 0.256 e. The lowest BCUT2D eigenvalue weighted by atomic mass is 9.97. The summed E-state index contributed by atoms with van der Waals surface area (Å²) in [5, 5.41) is 10.9. The van der Waals surface area contributed by atoms with Crippen LogP contribution in [-0.2, 0) is 25.5 Å². The minimum absolute atomic E-state index is 0.107. The van der Waals surface area contributed by atoms with E-state index in [0.717, 1.165) is 0 Å². The normalized spacial score (nSPS) is 19.6. The van der Waals surface area contributed by atoms with Gasteiger partial charge in [-0.15, -0.1) is 5.10 Å². The smallest absolute Gasteiger partial charge is 0.256 e. The minimum atomic E-state index is -0.802. The highest BCUT2D eigenvalue weighted by atomic mass is 32.1. The van der Waals surface area contributed by atoms with Crippen molar-refractivity contribution in [1.82, 2.24) is 25.2 Å². The van der Waals surface area contributed by atoms with Crippen molar-refractivity contribution in [3.63, 3.8) is 0 Å². The third-order valence-corrected chi connectivity index (χ3v) is 5.87. The molecule has 0 aliphatic carbocycles. The maximum atomic E-state index is 15.0. The van der Waals surface area contributed by atoms with Gasteiger partial charge in [-0.1, -0.05) is 11.3 Å². The second-order valence-electron chi connectivity index (χ2n) is 8.36. The lowest BCUT2D eigenvalue weighted by Gasteiger charge is -2.29. The van der Waals surface area contributed by atoms with Crippen molar-refractivity contribution < 1.29 is 27.8 Å². The Hall–Kier alpha value is -2.96. The van der Waals surface area contributed by atoms with Crippen molar-refractivity contribution in [2.45, 2.75) is 38.7 Å². The summed E-state index contributed by atoms with van der Waals surface area (Å²) in [5.74, 6) is -2.43. The van der Waals surface area contributed by atoms with Gasteiger partial charge >= 0.3 is 0 Å². The zero-order chi connectivity index (χ0) is 24.5. The molecule has 2 aliphatic heterocycles. The lowest BCUT2D eigenvalue weighted by molar-refractivity contribution is -0.159. The average molecular weight is 494 g/mol. The summed E-state index contributed by atoms with van der Waals surface area (Å²) in [6.45, 7) is 4.50. The summed E-state index contributed by atoms with van der Waals surface area (Å²) >= 11 is 4.90. The van der Waals surface area contributed by atoms with Crippen molar-refractivity contribution >= 4 is 28.9 Å². The Kier molecular flexibility index (Phi) is 6.91. The monoisotopic (exact) mass is 493 g/mol. The minimum Gasteiger partial charge on any atom is -0.474 e. The topological polar surface area (TPSA) is 90.7 Å². The molecule has 0 radical (unpaired) electrons. The molecule has 1 atom stereocenters. The van der Waals surface area contributed by atoms with E-state index in [1.807, 2.05) is 0 Å². The Labute approximate surface area is 200 Å². The SMILES string of the molecule is COC(=S)NCc1cn(-c2cc(F)c(C3=CCN(C(=O)C4COC(C)(C)O4)CC3)c(F)c2)nn1. The highest BCUT2D eigenvalue weighted by Crippen LogP contribution is 2.30. The van der Waals surface area contributed by atoms with E-state index >= 15 is 0 Å². The van der Waals surface area contributed by atoms with Gasteiger partial charge in [-0.3, -0.25) is 4.79 Å². The first kappa shape index (κ1) is 24.2. The zero-order valence-electron chi connectivity index (χ0n) is 19.0. The molecule has 2 aromatic rings. The summed E-state index contributed by atoms with van der Waals surface area (Å²) in [7, 11) is 1.44. The standard InChI is InChI=1S/C22H25F2N5O4S/c1-22(2)32-12-18(33-22)20(30)28-6-4-13(5-7-28)19-16(23)8-15(9-17(19)24)29-11-14(26-27-29)10-25-21(34)31-3/h4,8-9,11,18H,5-7,10,12H2,1-3H3,(H,25,34). The van der Waals surface area contributed by atoms with Gasteiger partial charge in [-0.25, -0.2) is 13.5 Å². The second-order valence-corrected chi connectivity index (χ2v) is 8.74. The molecule has 0 bridgehead atoms. The number of hydrogen-bond acceptors (Lipinski definition) is 7. The number of benzene rings is 1. The van der Waals surface area contributed by atoms with Crippen LogP contribution >= 0.6 is 12.2 Å². The molecule has 182 valence electrons. The number of methoxy groups -OCH3 is 1. The van der Waals surface area contributed by atoms with E-state index in [9.17, 15) is 13.6 Å². The predicted octanol–water partition coefficient (Wildman–Crippen LogP) is 2.33. The number of rotatable bonds is 5. The first-order chi connectivity index (χ1) is 16.2. The summed E-state index contributed by atoms with van der Waals surface area (Å²) in [6.07, 6.45) is 2.85. The van der Waals surface area contributed by atoms with Crippen LogP contribution in [0.25, 0.3) is 11.3 Å². The summed E-state index contributed by atoms with van der Waals surface area (Å²) < 4.78 is 47.1. The van der Waals surface area contributed by atoms with Gasteiger partial charge in [-0.2, -0.15) is 0 Å². The number of hydrogen-bond donors (Lipinski definition) is 1. The van der Waals surface area contributed by atoms with Gasteiger partial charge in [0.25, 0.3) is 11.1 Å². The van der Waals surface area contributed by atoms with E-state index in [1.54, 1.807) is 31.0 Å². The molecule has 3 heterocycles. The molecule has 1 amide bonds. The van der Waals surface area contributed by atoms with Crippen LogP contribution in [-0.4, -0.2) is 69.7 Å². The van der Waals surface area contributed by atoms with Crippen LogP contribution in [0.15, 0.2) is 24.4 Å². The molecule has 1 unspecified atom stereocenters. The van der Waals surface area contributed by atoms with Crippen molar-refractivity contribution in [3.05, 3.63) is 47.3 Å². The fourth-order valence-corrected chi connectivity index (χ4v) is 3.92. The third kappa shape index (κ3) is 5.24. The number of carbonyl (C=O) groups excluding carboxylic acids is 1. The van der Waals surface area contributed by atoms with Crippen LogP contribution in [0.3, 0.4) is 0 Å². The number of thiocarbonyl (C=S) groups is 1. The number of carbonyl (C=O) groups is 1. The van der Waals surface area contributed by atoms with Crippen LogP contribution < -0.4 is 5.32 Å². The van der Waals surface area contributed by atoms with E-state index in [4.69, 9.17) is 26.4 Å². The van der Waals surface area contributed by atoms with Crippen LogP contribution in [0.1, 0.15) is 31.5 Å². The fourth-order valence-electron chi connectivity index (χ4n) is 3.85. The molecule has 9 nitrogen and oxygen atoms in total. The molecule has 1 N–H and O–H groups in total. The van der Waals surface area contributed by atoms with Crippen molar-refractivity contribution in [3.8, 4) is 5.69 Å². The quantitative estimate of drug-likeness (QED) is 0.635. The highest BCUT2D eigenvalue weighted by molar-refractivity contribution is 7.80. The molecule has 1 fully saturated rings. The van der Waals surface area contributed by atoms with Crippen LogP contribution in [0, 0.1) is 11.6 Å². The Bertz CT molecular complexity index is 1110. The van der Waals surface area contributed by atoms with Gasteiger partial charge in [0.1, 0.15) is 17.3 Å². The fraction of sp³-hybridized carbons (Fsp3) is 0.455. The third-order valence-electron chi connectivity index (χ3n) is 5.56. The molecule has 1 aromatic heterocycles. The maximum absolute atomic E-state index is 15.0. The van der Waals surface area contributed by atoms with Gasteiger partial charge in [0.15, 0.2) is 11.9 Å². The first-order valence-corrected chi connectivity index (χ1v) is 11.1. The molecule has 1 saturated heterocycles. The molecule has 1 aromatic carbocycles.